The SMILES string of the molecule is Cc1cc(C)cc(-c2nnc(S[C@@H](C)C(=O)c3c(C)[nH]c4ccccc34)o2)c1. The summed E-state index contributed by atoms with van der Waals surface area (Å²) in [5, 5.41) is 9.28. The Kier molecular flexibility index (Phi) is 4.81. The third-order valence-corrected chi connectivity index (χ3v) is 5.60. The number of hydrogen-bond donors (Lipinski definition) is 1. The maximum absolute atomic E-state index is 13.1. The van der Waals surface area contributed by atoms with E-state index in [1.807, 2.05) is 64.1 Å². The summed E-state index contributed by atoms with van der Waals surface area (Å²) < 4.78 is 5.82. The number of carbonyl (C=O) groups excluding carboxylic acids is 1. The highest BCUT2D eigenvalue weighted by atomic mass is 32.2. The van der Waals surface area contributed by atoms with Gasteiger partial charge in [0.2, 0.25) is 5.89 Å². The second kappa shape index (κ2) is 7.28. The minimum atomic E-state index is -0.342. The first-order chi connectivity index (χ1) is 13.4. The molecule has 0 saturated carbocycles. The van der Waals surface area contributed by atoms with Gasteiger partial charge in [-0.15, -0.1) is 10.2 Å². The van der Waals surface area contributed by atoms with E-state index < -0.39 is 0 Å². The second-order valence-corrected chi connectivity index (χ2v) is 8.34. The number of para-hydroxylation sites is 1. The molecule has 4 aromatic rings. The van der Waals surface area contributed by atoms with Crippen LogP contribution in [0.2, 0.25) is 0 Å². The van der Waals surface area contributed by atoms with Gasteiger partial charge in [-0.25, -0.2) is 0 Å². The van der Waals surface area contributed by atoms with Crippen molar-refractivity contribution < 1.29 is 9.21 Å². The highest BCUT2D eigenvalue weighted by Gasteiger charge is 2.24. The minimum Gasteiger partial charge on any atom is -0.411 e. The Balaban J connectivity index is 1.57. The molecule has 28 heavy (non-hydrogen) atoms. The van der Waals surface area contributed by atoms with Crippen LogP contribution in [0.25, 0.3) is 22.4 Å². The topological polar surface area (TPSA) is 71.8 Å². The van der Waals surface area contributed by atoms with Gasteiger partial charge >= 0.3 is 0 Å². The van der Waals surface area contributed by atoms with Gasteiger partial charge in [0, 0.05) is 27.7 Å². The largest absolute Gasteiger partial charge is 0.411 e. The summed E-state index contributed by atoms with van der Waals surface area (Å²) in [6, 6.07) is 14.0. The van der Waals surface area contributed by atoms with Crippen molar-refractivity contribution in [3.05, 3.63) is 64.8 Å². The number of fused-ring (bicyclic) bond motifs is 1. The number of carbonyl (C=O) groups is 1. The lowest BCUT2D eigenvalue weighted by Gasteiger charge is -2.07. The number of ketones is 1. The van der Waals surface area contributed by atoms with Crippen molar-refractivity contribution in [1.82, 2.24) is 15.2 Å². The third kappa shape index (κ3) is 3.47. The number of thioether (sulfide) groups is 1. The summed E-state index contributed by atoms with van der Waals surface area (Å²) >= 11 is 1.29. The molecular weight excluding hydrogens is 370 g/mol. The minimum absolute atomic E-state index is 0.0473. The summed E-state index contributed by atoms with van der Waals surface area (Å²) in [6.07, 6.45) is 0. The van der Waals surface area contributed by atoms with Crippen LogP contribution in [0, 0.1) is 20.8 Å². The Morgan fingerprint density at radius 1 is 1.07 bits per heavy atom. The molecule has 0 spiro atoms. The first kappa shape index (κ1) is 18.5. The predicted octanol–water partition coefficient (Wildman–Crippen LogP) is 5.51. The molecule has 6 heteroatoms. The molecule has 0 aliphatic rings. The van der Waals surface area contributed by atoms with E-state index in [-0.39, 0.29) is 11.0 Å². The van der Waals surface area contributed by atoms with Gasteiger partial charge in [-0.1, -0.05) is 47.2 Å². The van der Waals surface area contributed by atoms with Gasteiger partial charge in [-0.2, -0.15) is 0 Å². The van der Waals surface area contributed by atoms with Crippen molar-refractivity contribution in [3.8, 4) is 11.5 Å². The van der Waals surface area contributed by atoms with Gasteiger partial charge in [-0.05, 0) is 45.9 Å². The molecule has 0 fully saturated rings. The highest BCUT2D eigenvalue weighted by Crippen LogP contribution is 2.31. The van der Waals surface area contributed by atoms with Crippen LogP contribution in [-0.4, -0.2) is 26.2 Å². The quantitative estimate of drug-likeness (QED) is 0.359. The molecule has 142 valence electrons. The lowest BCUT2D eigenvalue weighted by molar-refractivity contribution is 0.0994. The molecule has 0 amide bonds. The average Bonchev–Trinajstić information content (AvgIpc) is 3.23. The first-order valence-corrected chi connectivity index (χ1v) is 10.0. The van der Waals surface area contributed by atoms with Crippen LogP contribution in [0.3, 0.4) is 0 Å². The lowest BCUT2D eigenvalue weighted by atomic mass is 10.1. The number of aryl methyl sites for hydroxylation is 3. The fourth-order valence-electron chi connectivity index (χ4n) is 3.47. The van der Waals surface area contributed by atoms with E-state index in [0.29, 0.717) is 11.1 Å². The number of rotatable bonds is 5. The van der Waals surface area contributed by atoms with E-state index in [0.717, 1.165) is 38.9 Å². The molecule has 0 unspecified atom stereocenters. The number of aromatic amines is 1. The van der Waals surface area contributed by atoms with E-state index >= 15 is 0 Å². The normalized spacial score (nSPS) is 12.4. The summed E-state index contributed by atoms with van der Waals surface area (Å²) in [5.74, 6) is 0.517. The second-order valence-electron chi connectivity index (χ2n) is 7.04. The smallest absolute Gasteiger partial charge is 0.277 e. The molecule has 1 N–H and O–H groups in total. The van der Waals surface area contributed by atoms with Gasteiger partial charge in [0.05, 0.1) is 5.25 Å². The Morgan fingerprint density at radius 2 is 1.79 bits per heavy atom. The van der Waals surface area contributed by atoms with Crippen molar-refractivity contribution in [2.24, 2.45) is 0 Å². The van der Waals surface area contributed by atoms with Crippen LogP contribution in [0.15, 0.2) is 52.1 Å². The van der Waals surface area contributed by atoms with Crippen LogP contribution >= 0.6 is 11.8 Å². The molecule has 5 nitrogen and oxygen atoms in total. The molecular formula is C22H21N3O2S. The lowest BCUT2D eigenvalue weighted by Crippen LogP contribution is -2.14. The van der Waals surface area contributed by atoms with Crippen LogP contribution < -0.4 is 0 Å². The molecule has 2 heterocycles. The van der Waals surface area contributed by atoms with Crippen molar-refractivity contribution in [2.45, 2.75) is 38.2 Å². The maximum atomic E-state index is 13.1. The zero-order chi connectivity index (χ0) is 19.8. The number of H-pyrrole nitrogens is 1. The van der Waals surface area contributed by atoms with Gasteiger partial charge in [0.15, 0.2) is 5.78 Å². The Labute approximate surface area is 167 Å². The molecule has 2 aromatic carbocycles. The number of hydrogen-bond acceptors (Lipinski definition) is 5. The number of aromatic nitrogens is 3. The number of benzene rings is 2. The molecule has 0 saturated heterocycles. The number of nitrogens with one attached hydrogen (secondary N) is 1. The van der Waals surface area contributed by atoms with Crippen molar-refractivity contribution in [1.29, 1.82) is 0 Å². The average molecular weight is 391 g/mol. The maximum Gasteiger partial charge on any atom is 0.277 e. The van der Waals surface area contributed by atoms with Crippen molar-refractivity contribution >= 4 is 28.4 Å². The zero-order valence-electron chi connectivity index (χ0n) is 16.2. The Bertz CT molecular complexity index is 1160. The zero-order valence-corrected chi connectivity index (χ0v) is 17.1. The van der Waals surface area contributed by atoms with Crippen LogP contribution in [0.1, 0.15) is 34.1 Å². The van der Waals surface area contributed by atoms with Gasteiger partial charge in [0.25, 0.3) is 5.22 Å². The standard InChI is InChI=1S/C22H21N3O2S/c1-12-9-13(2)11-16(10-12)21-24-25-22(27-21)28-15(4)20(26)19-14(3)23-18-8-6-5-7-17(18)19/h5-11,15,23H,1-4H3/t15-/m0/s1. The predicted molar refractivity (Wildman–Crippen MR) is 112 cm³/mol. The van der Waals surface area contributed by atoms with E-state index in [4.69, 9.17) is 4.42 Å². The summed E-state index contributed by atoms with van der Waals surface area (Å²) in [5.41, 5.74) is 5.74. The molecule has 0 bridgehead atoms. The molecule has 0 radical (unpaired) electrons. The monoisotopic (exact) mass is 391 g/mol. The summed E-state index contributed by atoms with van der Waals surface area (Å²) in [7, 11) is 0. The Hall–Kier alpha value is -2.86. The van der Waals surface area contributed by atoms with E-state index in [1.54, 1.807) is 0 Å². The van der Waals surface area contributed by atoms with E-state index in [2.05, 4.69) is 21.2 Å². The van der Waals surface area contributed by atoms with Crippen LogP contribution in [0.5, 0.6) is 0 Å². The summed E-state index contributed by atoms with van der Waals surface area (Å²) in [4.78, 5) is 16.4. The highest BCUT2D eigenvalue weighted by molar-refractivity contribution is 8.00. The molecule has 0 aliphatic carbocycles. The van der Waals surface area contributed by atoms with Crippen LogP contribution in [0.4, 0.5) is 0 Å². The number of nitrogens with zero attached hydrogens (tertiary/aromatic N) is 2. The first-order valence-electron chi connectivity index (χ1n) is 9.12. The van der Waals surface area contributed by atoms with Gasteiger partial charge < -0.3 is 9.40 Å². The molecule has 4 rings (SSSR count). The third-order valence-electron chi connectivity index (χ3n) is 4.66. The fourth-order valence-corrected chi connectivity index (χ4v) is 4.22. The molecule has 2 aromatic heterocycles. The fraction of sp³-hybridized carbons (Fsp3) is 0.227. The van der Waals surface area contributed by atoms with Gasteiger partial charge in [-0.3, -0.25) is 4.79 Å². The van der Waals surface area contributed by atoms with Gasteiger partial charge in [0.1, 0.15) is 0 Å². The molecule has 1 atom stereocenters. The van der Waals surface area contributed by atoms with Crippen molar-refractivity contribution in [3.63, 3.8) is 0 Å². The summed E-state index contributed by atoms with van der Waals surface area (Å²) in [6.45, 7) is 7.87. The van der Waals surface area contributed by atoms with Crippen molar-refractivity contribution in [2.75, 3.05) is 0 Å². The van der Waals surface area contributed by atoms with E-state index in [9.17, 15) is 4.79 Å². The Morgan fingerprint density at radius 3 is 2.54 bits per heavy atom. The molecule has 0 aliphatic heterocycles. The van der Waals surface area contributed by atoms with Crippen LogP contribution in [-0.2, 0) is 0 Å². The number of Topliss-reactive ketones (excluding diaryl/α,β-unsaturated/α-hetero) is 1. The van der Waals surface area contributed by atoms with E-state index in [1.165, 1.54) is 11.8 Å².